The fourth-order valence-corrected chi connectivity index (χ4v) is 1.51. The van der Waals surface area contributed by atoms with Crippen molar-refractivity contribution in [1.82, 2.24) is 15.2 Å². The maximum absolute atomic E-state index is 11.1. The van der Waals surface area contributed by atoms with Crippen molar-refractivity contribution in [2.45, 2.75) is 6.54 Å². The minimum Gasteiger partial charge on any atom is -0.476 e. The van der Waals surface area contributed by atoms with Gasteiger partial charge in [0.05, 0.1) is 6.54 Å². The summed E-state index contributed by atoms with van der Waals surface area (Å²) in [5, 5.41) is 13.2. The Hall–Kier alpha value is -1.63. The van der Waals surface area contributed by atoms with Crippen LogP contribution in [0.25, 0.3) is 0 Å². The highest BCUT2D eigenvalue weighted by molar-refractivity contribution is 7.09. The highest BCUT2D eigenvalue weighted by Gasteiger charge is 2.09. The van der Waals surface area contributed by atoms with Crippen LogP contribution in [0, 0.1) is 0 Å². The topological polar surface area (TPSA) is 82.5 Å². The molecule has 6 nitrogen and oxygen atoms in total. The lowest BCUT2D eigenvalue weighted by molar-refractivity contribution is 0.0691. The van der Waals surface area contributed by atoms with Crippen LogP contribution >= 0.6 is 11.3 Å². The van der Waals surface area contributed by atoms with Crippen molar-refractivity contribution in [3.63, 3.8) is 0 Å². The van der Waals surface area contributed by atoms with Crippen molar-refractivity contribution >= 4 is 23.3 Å². The van der Waals surface area contributed by atoms with Gasteiger partial charge in [-0.2, -0.15) is 0 Å². The van der Waals surface area contributed by atoms with Gasteiger partial charge in [0.15, 0.2) is 5.69 Å². The van der Waals surface area contributed by atoms with E-state index in [4.69, 9.17) is 5.11 Å². The lowest BCUT2D eigenvalue weighted by Gasteiger charge is -2.10. The number of urea groups is 1. The van der Waals surface area contributed by atoms with Gasteiger partial charge >= 0.3 is 12.0 Å². The molecule has 1 heterocycles. The Morgan fingerprint density at radius 2 is 2.27 bits per heavy atom. The summed E-state index contributed by atoms with van der Waals surface area (Å²) in [6.45, 7) is 0.245. The molecule has 82 valence electrons. The fourth-order valence-electron chi connectivity index (χ4n) is 0.800. The summed E-state index contributed by atoms with van der Waals surface area (Å²) in [7, 11) is 3.25. The summed E-state index contributed by atoms with van der Waals surface area (Å²) < 4.78 is 0. The van der Waals surface area contributed by atoms with Crippen LogP contribution in [-0.4, -0.2) is 41.1 Å². The van der Waals surface area contributed by atoms with Crippen LogP contribution in [0.2, 0.25) is 0 Å². The zero-order valence-corrected chi connectivity index (χ0v) is 9.17. The average molecular weight is 229 g/mol. The van der Waals surface area contributed by atoms with Crippen molar-refractivity contribution in [2.75, 3.05) is 14.1 Å². The number of aromatic carboxylic acids is 1. The maximum atomic E-state index is 11.1. The van der Waals surface area contributed by atoms with Crippen LogP contribution in [0.15, 0.2) is 5.38 Å². The number of rotatable bonds is 3. The molecule has 0 saturated heterocycles. The van der Waals surface area contributed by atoms with E-state index in [0.29, 0.717) is 5.01 Å². The van der Waals surface area contributed by atoms with Gasteiger partial charge < -0.3 is 15.3 Å². The molecule has 0 unspecified atom stereocenters. The Morgan fingerprint density at radius 1 is 1.60 bits per heavy atom. The molecule has 2 amide bonds. The molecule has 1 aromatic heterocycles. The Balaban J connectivity index is 2.51. The van der Waals surface area contributed by atoms with Crippen molar-refractivity contribution in [3.8, 4) is 0 Å². The van der Waals surface area contributed by atoms with Crippen LogP contribution in [0.3, 0.4) is 0 Å². The zero-order chi connectivity index (χ0) is 11.4. The quantitative estimate of drug-likeness (QED) is 0.795. The highest BCUT2D eigenvalue weighted by Crippen LogP contribution is 2.09. The number of hydrogen-bond donors (Lipinski definition) is 2. The van der Waals surface area contributed by atoms with Crippen molar-refractivity contribution in [3.05, 3.63) is 16.1 Å². The van der Waals surface area contributed by atoms with E-state index in [0.717, 1.165) is 0 Å². The van der Waals surface area contributed by atoms with E-state index in [1.807, 2.05) is 0 Å². The molecule has 0 aromatic carbocycles. The predicted molar refractivity (Wildman–Crippen MR) is 55.0 cm³/mol. The molecule has 0 radical (unpaired) electrons. The third-order valence-electron chi connectivity index (χ3n) is 1.57. The molecule has 0 atom stereocenters. The molecule has 2 N–H and O–H groups in total. The van der Waals surface area contributed by atoms with Crippen molar-refractivity contribution < 1.29 is 14.7 Å². The summed E-state index contributed by atoms with van der Waals surface area (Å²) in [6.07, 6.45) is 0. The number of aromatic nitrogens is 1. The van der Waals surface area contributed by atoms with E-state index < -0.39 is 5.97 Å². The molecule has 15 heavy (non-hydrogen) atoms. The van der Waals surface area contributed by atoms with E-state index in [2.05, 4.69) is 10.3 Å². The zero-order valence-electron chi connectivity index (χ0n) is 8.35. The van der Waals surface area contributed by atoms with E-state index >= 15 is 0 Å². The number of nitrogens with one attached hydrogen (secondary N) is 1. The molecular weight excluding hydrogens is 218 g/mol. The molecule has 0 fully saturated rings. The van der Waals surface area contributed by atoms with E-state index in [-0.39, 0.29) is 18.3 Å². The number of carbonyl (C=O) groups excluding carboxylic acids is 1. The minimum absolute atomic E-state index is 0.00843. The smallest absolute Gasteiger partial charge is 0.355 e. The second kappa shape index (κ2) is 4.74. The van der Waals surface area contributed by atoms with E-state index in [1.165, 1.54) is 21.6 Å². The first-order chi connectivity index (χ1) is 7.00. The lowest BCUT2D eigenvalue weighted by Crippen LogP contribution is -2.33. The summed E-state index contributed by atoms with van der Waals surface area (Å²) >= 11 is 1.21. The molecule has 7 heteroatoms. The first kappa shape index (κ1) is 11.4. The fraction of sp³-hybridized carbons (Fsp3) is 0.375. The van der Waals surface area contributed by atoms with Gasteiger partial charge in [0.25, 0.3) is 0 Å². The van der Waals surface area contributed by atoms with Crippen LogP contribution < -0.4 is 5.32 Å². The summed E-state index contributed by atoms with van der Waals surface area (Å²) in [5.41, 5.74) is 0.00843. The Morgan fingerprint density at radius 3 is 2.73 bits per heavy atom. The van der Waals surface area contributed by atoms with Crippen molar-refractivity contribution in [2.24, 2.45) is 0 Å². The van der Waals surface area contributed by atoms with Crippen LogP contribution in [0.5, 0.6) is 0 Å². The number of carboxylic acids is 1. The Labute approximate surface area is 90.5 Å². The van der Waals surface area contributed by atoms with Crippen LogP contribution in [-0.2, 0) is 6.54 Å². The number of carbonyl (C=O) groups is 2. The minimum atomic E-state index is -1.06. The largest absolute Gasteiger partial charge is 0.476 e. The number of thiazole rings is 1. The van der Waals surface area contributed by atoms with Gasteiger partial charge in [0.2, 0.25) is 0 Å². The SMILES string of the molecule is CN(C)C(=O)NCc1nc(C(=O)O)cs1. The first-order valence-electron chi connectivity index (χ1n) is 4.13. The molecular formula is C8H11N3O3S. The number of amides is 2. The summed E-state index contributed by atoms with van der Waals surface area (Å²) in [4.78, 5) is 26.9. The van der Waals surface area contributed by atoms with Crippen LogP contribution in [0.1, 0.15) is 15.5 Å². The Kier molecular flexibility index (Phi) is 3.62. The third kappa shape index (κ3) is 3.21. The van der Waals surface area contributed by atoms with Gasteiger partial charge in [0, 0.05) is 19.5 Å². The number of hydrogen-bond acceptors (Lipinski definition) is 4. The lowest BCUT2D eigenvalue weighted by atomic mass is 10.5. The second-order valence-electron chi connectivity index (χ2n) is 2.98. The maximum Gasteiger partial charge on any atom is 0.355 e. The monoisotopic (exact) mass is 229 g/mol. The van der Waals surface area contributed by atoms with Crippen LogP contribution in [0.4, 0.5) is 4.79 Å². The molecule has 0 aliphatic rings. The summed E-state index contributed by atoms with van der Waals surface area (Å²) in [6, 6.07) is -0.234. The van der Waals surface area contributed by atoms with Gasteiger partial charge in [-0.3, -0.25) is 0 Å². The number of nitrogens with zero attached hydrogens (tertiary/aromatic N) is 2. The number of carboxylic acid groups (broad SMARTS) is 1. The molecule has 1 aromatic rings. The molecule has 0 aliphatic carbocycles. The average Bonchev–Trinajstić information content (AvgIpc) is 2.62. The van der Waals surface area contributed by atoms with Crippen molar-refractivity contribution in [1.29, 1.82) is 0 Å². The molecule has 0 spiro atoms. The van der Waals surface area contributed by atoms with Gasteiger partial charge in [-0.1, -0.05) is 0 Å². The predicted octanol–water partition coefficient (Wildman–Crippen LogP) is 0.613. The third-order valence-corrected chi connectivity index (χ3v) is 2.42. The van der Waals surface area contributed by atoms with Gasteiger partial charge in [-0.15, -0.1) is 11.3 Å². The first-order valence-corrected chi connectivity index (χ1v) is 5.01. The van der Waals surface area contributed by atoms with Gasteiger partial charge in [0.1, 0.15) is 5.01 Å². The molecule has 0 aliphatic heterocycles. The highest BCUT2D eigenvalue weighted by atomic mass is 32.1. The standard InChI is InChI=1S/C8H11N3O3S/c1-11(2)8(14)9-3-6-10-5(4-15-6)7(12)13/h4H,3H2,1-2H3,(H,9,14)(H,12,13). The van der Waals surface area contributed by atoms with Gasteiger partial charge in [-0.25, -0.2) is 14.6 Å². The molecule has 0 bridgehead atoms. The van der Waals surface area contributed by atoms with E-state index in [9.17, 15) is 9.59 Å². The van der Waals surface area contributed by atoms with E-state index in [1.54, 1.807) is 14.1 Å². The molecule has 0 saturated carbocycles. The Bertz CT molecular complexity index is 375. The molecule has 1 rings (SSSR count). The van der Waals surface area contributed by atoms with Gasteiger partial charge in [-0.05, 0) is 0 Å². The second-order valence-corrected chi connectivity index (χ2v) is 3.93. The normalized spacial score (nSPS) is 9.73. The summed E-state index contributed by atoms with van der Waals surface area (Å²) in [5.74, 6) is -1.06.